The van der Waals surface area contributed by atoms with Crippen LogP contribution in [0.25, 0.3) is 0 Å². The molecule has 0 spiro atoms. The summed E-state index contributed by atoms with van der Waals surface area (Å²) in [6.45, 7) is 0. The number of ether oxygens (including phenoxy) is 1. The Bertz CT molecular complexity index is 408. The summed E-state index contributed by atoms with van der Waals surface area (Å²) in [6, 6.07) is 5.10. The Hall–Kier alpha value is -1.56. The maximum absolute atomic E-state index is 11.2. The fourth-order valence-corrected chi connectivity index (χ4v) is 1.95. The van der Waals surface area contributed by atoms with Crippen molar-refractivity contribution in [2.75, 3.05) is 12.9 Å². The van der Waals surface area contributed by atoms with Crippen molar-refractivity contribution in [2.45, 2.75) is 12.2 Å². The van der Waals surface area contributed by atoms with Crippen LogP contribution < -0.4 is 0 Å². The SMILES string of the molecule is COC(=O)c1cccc(CSCCC(=O)O)n1. The monoisotopic (exact) mass is 255 g/mol. The topological polar surface area (TPSA) is 76.5 Å². The van der Waals surface area contributed by atoms with Crippen molar-refractivity contribution in [3.8, 4) is 0 Å². The van der Waals surface area contributed by atoms with E-state index in [-0.39, 0.29) is 12.1 Å². The minimum absolute atomic E-state index is 0.126. The summed E-state index contributed by atoms with van der Waals surface area (Å²) in [5.41, 5.74) is 1.01. The van der Waals surface area contributed by atoms with Gasteiger partial charge < -0.3 is 9.84 Å². The first-order valence-electron chi connectivity index (χ1n) is 4.97. The number of aliphatic carboxylic acids is 1. The average Bonchev–Trinajstić information content (AvgIpc) is 2.34. The second-order valence-electron chi connectivity index (χ2n) is 3.20. The second-order valence-corrected chi connectivity index (χ2v) is 4.31. The Labute approximate surface area is 103 Å². The van der Waals surface area contributed by atoms with E-state index >= 15 is 0 Å². The molecule has 0 atom stereocenters. The zero-order valence-electron chi connectivity index (χ0n) is 9.38. The molecule has 0 aliphatic carbocycles. The van der Waals surface area contributed by atoms with Crippen molar-refractivity contribution < 1.29 is 19.4 Å². The number of rotatable bonds is 6. The summed E-state index contributed by atoms with van der Waals surface area (Å²) >= 11 is 1.47. The molecule has 92 valence electrons. The summed E-state index contributed by atoms with van der Waals surface area (Å²) in [4.78, 5) is 25.6. The van der Waals surface area contributed by atoms with Gasteiger partial charge in [-0.2, -0.15) is 11.8 Å². The van der Waals surface area contributed by atoms with Crippen molar-refractivity contribution in [1.82, 2.24) is 4.98 Å². The Morgan fingerprint density at radius 1 is 1.47 bits per heavy atom. The Balaban J connectivity index is 2.48. The highest BCUT2D eigenvalue weighted by molar-refractivity contribution is 7.98. The standard InChI is InChI=1S/C11H13NO4S/c1-16-11(15)9-4-2-3-8(12-9)7-17-6-5-10(13)14/h2-4H,5-7H2,1H3,(H,13,14). The molecular weight excluding hydrogens is 242 g/mol. The number of carbonyl (C=O) groups excluding carboxylic acids is 1. The van der Waals surface area contributed by atoms with Crippen LogP contribution in [0.4, 0.5) is 0 Å². The number of aromatic nitrogens is 1. The lowest BCUT2D eigenvalue weighted by Gasteiger charge is -2.02. The van der Waals surface area contributed by atoms with Crippen molar-refractivity contribution in [3.63, 3.8) is 0 Å². The number of methoxy groups -OCH3 is 1. The number of carbonyl (C=O) groups is 2. The summed E-state index contributed by atoms with van der Waals surface area (Å²) in [6.07, 6.45) is 0.126. The molecule has 0 amide bonds. The Morgan fingerprint density at radius 3 is 2.88 bits per heavy atom. The van der Waals surface area contributed by atoms with Crippen LogP contribution in [0.1, 0.15) is 22.6 Å². The molecule has 5 nitrogen and oxygen atoms in total. The van der Waals surface area contributed by atoms with Crippen LogP contribution in [0.15, 0.2) is 18.2 Å². The van der Waals surface area contributed by atoms with E-state index in [0.29, 0.717) is 11.5 Å². The molecule has 1 aromatic rings. The van der Waals surface area contributed by atoms with Gasteiger partial charge in [-0.15, -0.1) is 0 Å². The predicted molar refractivity (Wildman–Crippen MR) is 64.0 cm³/mol. The molecule has 0 aromatic carbocycles. The second kappa shape index (κ2) is 6.90. The van der Waals surface area contributed by atoms with Crippen LogP contribution in [0, 0.1) is 0 Å². The van der Waals surface area contributed by atoms with Gasteiger partial charge in [0.1, 0.15) is 5.69 Å². The lowest BCUT2D eigenvalue weighted by atomic mass is 10.3. The number of hydrogen-bond acceptors (Lipinski definition) is 5. The molecule has 1 rings (SSSR count). The number of carboxylic acids is 1. The van der Waals surface area contributed by atoms with E-state index < -0.39 is 11.9 Å². The number of carboxylic acid groups (broad SMARTS) is 1. The largest absolute Gasteiger partial charge is 0.481 e. The molecule has 0 aliphatic rings. The summed E-state index contributed by atoms with van der Waals surface area (Å²) in [5, 5.41) is 8.47. The van der Waals surface area contributed by atoms with Crippen LogP contribution in [0.3, 0.4) is 0 Å². The molecule has 0 radical (unpaired) electrons. The first-order chi connectivity index (χ1) is 8.13. The number of nitrogens with zero attached hydrogens (tertiary/aromatic N) is 1. The third kappa shape index (κ3) is 4.86. The fraction of sp³-hybridized carbons (Fsp3) is 0.364. The molecule has 0 fully saturated rings. The van der Waals surface area contributed by atoms with Crippen molar-refractivity contribution in [1.29, 1.82) is 0 Å². The van der Waals surface area contributed by atoms with Crippen LogP contribution in [-0.2, 0) is 15.3 Å². The van der Waals surface area contributed by atoms with E-state index in [1.807, 2.05) is 0 Å². The van der Waals surface area contributed by atoms with E-state index in [1.165, 1.54) is 18.9 Å². The van der Waals surface area contributed by atoms with Crippen LogP contribution in [-0.4, -0.2) is 34.9 Å². The molecule has 0 aliphatic heterocycles. The third-order valence-electron chi connectivity index (χ3n) is 1.91. The van der Waals surface area contributed by atoms with Gasteiger partial charge in [-0.05, 0) is 12.1 Å². The fourth-order valence-electron chi connectivity index (χ4n) is 1.11. The zero-order chi connectivity index (χ0) is 12.7. The lowest BCUT2D eigenvalue weighted by Crippen LogP contribution is -2.05. The number of esters is 1. The molecule has 0 saturated heterocycles. The lowest BCUT2D eigenvalue weighted by molar-refractivity contribution is -0.136. The molecule has 1 N–H and O–H groups in total. The number of thioether (sulfide) groups is 1. The van der Waals surface area contributed by atoms with Crippen molar-refractivity contribution in [3.05, 3.63) is 29.6 Å². The van der Waals surface area contributed by atoms with E-state index in [2.05, 4.69) is 9.72 Å². The van der Waals surface area contributed by atoms with Gasteiger partial charge in [0, 0.05) is 11.5 Å². The van der Waals surface area contributed by atoms with Crippen molar-refractivity contribution >= 4 is 23.7 Å². The maximum atomic E-state index is 11.2. The molecule has 0 unspecified atom stereocenters. The van der Waals surface area contributed by atoms with Crippen LogP contribution in [0.5, 0.6) is 0 Å². The summed E-state index contributed by atoms with van der Waals surface area (Å²) in [7, 11) is 1.30. The van der Waals surface area contributed by atoms with Crippen LogP contribution in [0.2, 0.25) is 0 Å². The molecule has 0 saturated carbocycles. The van der Waals surface area contributed by atoms with E-state index in [0.717, 1.165) is 5.69 Å². The van der Waals surface area contributed by atoms with E-state index in [4.69, 9.17) is 5.11 Å². The van der Waals surface area contributed by atoms with Gasteiger partial charge in [0.05, 0.1) is 19.2 Å². The number of hydrogen-bond donors (Lipinski definition) is 1. The highest BCUT2D eigenvalue weighted by Gasteiger charge is 2.07. The molecule has 17 heavy (non-hydrogen) atoms. The first kappa shape index (κ1) is 13.5. The molecular formula is C11H13NO4S. The van der Waals surface area contributed by atoms with E-state index in [1.54, 1.807) is 18.2 Å². The zero-order valence-corrected chi connectivity index (χ0v) is 10.2. The Morgan fingerprint density at radius 2 is 2.24 bits per heavy atom. The molecule has 6 heteroatoms. The molecule has 0 bridgehead atoms. The van der Waals surface area contributed by atoms with Gasteiger partial charge >= 0.3 is 11.9 Å². The third-order valence-corrected chi connectivity index (χ3v) is 2.90. The average molecular weight is 255 g/mol. The normalized spacial score (nSPS) is 9.94. The quantitative estimate of drug-likeness (QED) is 0.614. The van der Waals surface area contributed by atoms with Gasteiger partial charge in [0.2, 0.25) is 0 Å². The summed E-state index contributed by atoms with van der Waals surface area (Å²) < 4.78 is 4.56. The number of pyridine rings is 1. The first-order valence-corrected chi connectivity index (χ1v) is 6.12. The highest BCUT2D eigenvalue weighted by Crippen LogP contribution is 2.12. The van der Waals surface area contributed by atoms with Gasteiger partial charge in [0.15, 0.2) is 0 Å². The Kier molecular flexibility index (Phi) is 5.48. The minimum atomic E-state index is -0.811. The smallest absolute Gasteiger partial charge is 0.356 e. The maximum Gasteiger partial charge on any atom is 0.356 e. The predicted octanol–water partition coefficient (Wildman–Crippen LogP) is 1.58. The van der Waals surface area contributed by atoms with Gasteiger partial charge in [-0.1, -0.05) is 6.07 Å². The van der Waals surface area contributed by atoms with Crippen molar-refractivity contribution in [2.24, 2.45) is 0 Å². The van der Waals surface area contributed by atoms with Gasteiger partial charge in [-0.25, -0.2) is 9.78 Å². The molecule has 1 aromatic heterocycles. The van der Waals surface area contributed by atoms with Gasteiger partial charge in [0.25, 0.3) is 0 Å². The minimum Gasteiger partial charge on any atom is -0.481 e. The van der Waals surface area contributed by atoms with E-state index in [9.17, 15) is 9.59 Å². The highest BCUT2D eigenvalue weighted by atomic mass is 32.2. The van der Waals surface area contributed by atoms with Crippen LogP contribution >= 0.6 is 11.8 Å². The van der Waals surface area contributed by atoms with Gasteiger partial charge in [-0.3, -0.25) is 4.79 Å². The summed E-state index contributed by atoms with van der Waals surface area (Å²) in [5.74, 6) is -0.173. The molecule has 1 heterocycles.